The number of carbonyl (C=O) groups excluding carboxylic acids is 1. The zero-order chi connectivity index (χ0) is 17.9. The molecule has 0 aliphatic heterocycles. The molecule has 3 heteroatoms. The third-order valence-corrected chi connectivity index (χ3v) is 5.51. The number of rotatable bonds is 11. The van der Waals surface area contributed by atoms with Crippen LogP contribution in [0.2, 0.25) is 0 Å². The van der Waals surface area contributed by atoms with Gasteiger partial charge in [0.05, 0.1) is 12.6 Å². The third-order valence-electron chi connectivity index (χ3n) is 5.51. The van der Waals surface area contributed by atoms with Gasteiger partial charge in [-0.15, -0.1) is 0 Å². The van der Waals surface area contributed by atoms with Crippen molar-refractivity contribution in [1.29, 1.82) is 0 Å². The summed E-state index contributed by atoms with van der Waals surface area (Å²) in [6.45, 7) is 3.01. The molecule has 2 rings (SSSR count). The van der Waals surface area contributed by atoms with Gasteiger partial charge in [-0.1, -0.05) is 64.7 Å². The molecule has 0 N–H and O–H groups in total. The fraction of sp³-hybridized carbons (Fsp3) is 0.682. The average Bonchev–Trinajstić information content (AvgIpc) is 2.64. The summed E-state index contributed by atoms with van der Waals surface area (Å²) in [4.78, 5) is 10.7. The molecule has 3 nitrogen and oxygen atoms in total. The van der Waals surface area contributed by atoms with Gasteiger partial charge in [0.1, 0.15) is 5.75 Å². The van der Waals surface area contributed by atoms with E-state index in [1.54, 1.807) is 24.3 Å². The minimum absolute atomic E-state index is 0.197. The first kappa shape index (κ1) is 19.8. The Labute approximate surface area is 152 Å². The number of carboxylic acids is 1. The summed E-state index contributed by atoms with van der Waals surface area (Å²) in [6, 6.07) is 6.52. The summed E-state index contributed by atoms with van der Waals surface area (Å²) in [5.74, 6) is 1.17. The summed E-state index contributed by atoms with van der Waals surface area (Å²) in [7, 11) is 0. The van der Waals surface area contributed by atoms with Crippen molar-refractivity contribution in [2.45, 2.75) is 77.6 Å². The highest BCUT2D eigenvalue weighted by molar-refractivity contribution is 5.85. The van der Waals surface area contributed by atoms with Gasteiger partial charge in [-0.3, -0.25) is 0 Å². The Kier molecular flexibility index (Phi) is 8.85. The summed E-state index contributed by atoms with van der Waals surface area (Å²) >= 11 is 0. The van der Waals surface area contributed by atoms with Gasteiger partial charge < -0.3 is 14.6 Å². The topological polar surface area (TPSA) is 49.4 Å². The van der Waals surface area contributed by atoms with Crippen molar-refractivity contribution in [3.05, 3.63) is 29.8 Å². The van der Waals surface area contributed by atoms with Crippen molar-refractivity contribution in [3.8, 4) is 5.75 Å². The molecule has 1 fully saturated rings. The number of aromatic carboxylic acids is 1. The molecule has 25 heavy (non-hydrogen) atoms. The molecule has 140 valence electrons. The van der Waals surface area contributed by atoms with Crippen molar-refractivity contribution >= 4 is 5.97 Å². The number of carbonyl (C=O) groups is 1. The lowest BCUT2D eigenvalue weighted by molar-refractivity contribution is -0.255. The van der Waals surface area contributed by atoms with Crippen LogP contribution in [-0.4, -0.2) is 12.6 Å². The van der Waals surface area contributed by atoms with Crippen LogP contribution in [0.5, 0.6) is 5.75 Å². The lowest BCUT2D eigenvalue weighted by Gasteiger charge is -2.28. The second-order valence-corrected chi connectivity index (χ2v) is 7.57. The lowest BCUT2D eigenvalue weighted by atomic mass is 9.80. The van der Waals surface area contributed by atoms with Crippen LogP contribution in [0.1, 0.15) is 87.9 Å². The molecule has 0 heterocycles. The summed E-state index contributed by atoms with van der Waals surface area (Å²) in [5.41, 5.74) is 0.197. The predicted octanol–water partition coefficient (Wildman–Crippen LogP) is 4.99. The van der Waals surface area contributed by atoms with Crippen molar-refractivity contribution in [1.82, 2.24) is 0 Å². The molecule has 0 radical (unpaired) electrons. The maximum atomic E-state index is 10.7. The first-order valence-corrected chi connectivity index (χ1v) is 10.1. The van der Waals surface area contributed by atoms with E-state index >= 15 is 0 Å². The largest absolute Gasteiger partial charge is 0.545 e. The standard InChI is InChI=1S/C22H34O3/c1-2-3-4-5-6-7-8-18-9-11-19(12-10-18)17-25-21-15-13-20(14-16-21)22(23)24/h13-16,18-19H,2-12,17H2,1H3,(H,23,24)/p-1. The zero-order valence-electron chi connectivity index (χ0n) is 15.7. The van der Waals surface area contributed by atoms with Gasteiger partial charge in [0.2, 0.25) is 0 Å². The van der Waals surface area contributed by atoms with Crippen LogP contribution < -0.4 is 9.84 Å². The highest BCUT2D eigenvalue weighted by Gasteiger charge is 2.21. The number of carboxylic acid groups (broad SMARTS) is 1. The fourth-order valence-corrected chi connectivity index (χ4v) is 3.80. The Hall–Kier alpha value is -1.51. The van der Waals surface area contributed by atoms with Crippen LogP contribution in [0.3, 0.4) is 0 Å². The van der Waals surface area contributed by atoms with E-state index in [4.69, 9.17) is 4.74 Å². The molecule has 0 aromatic heterocycles. The van der Waals surface area contributed by atoms with Crippen LogP contribution in [0, 0.1) is 11.8 Å². The number of benzene rings is 1. The molecule has 1 aliphatic carbocycles. The number of hydrogen-bond acceptors (Lipinski definition) is 3. The SMILES string of the molecule is CCCCCCCCC1CCC(COc2ccc(C(=O)[O-])cc2)CC1. The molecule has 0 bridgehead atoms. The molecule has 1 aromatic carbocycles. The zero-order valence-corrected chi connectivity index (χ0v) is 15.7. The van der Waals surface area contributed by atoms with Crippen LogP contribution in [0.4, 0.5) is 0 Å². The molecular weight excluding hydrogens is 312 g/mol. The summed E-state index contributed by atoms with van der Waals surface area (Å²) < 4.78 is 5.84. The van der Waals surface area contributed by atoms with Crippen LogP contribution >= 0.6 is 0 Å². The lowest BCUT2D eigenvalue weighted by Crippen LogP contribution is -2.22. The Morgan fingerprint density at radius 2 is 1.56 bits per heavy atom. The maximum Gasteiger partial charge on any atom is 0.119 e. The molecule has 1 aromatic rings. The molecule has 0 spiro atoms. The van der Waals surface area contributed by atoms with E-state index in [0.717, 1.165) is 18.3 Å². The van der Waals surface area contributed by atoms with E-state index in [1.807, 2.05) is 0 Å². The molecule has 0 atom stereocenters. The van der Waals surface area contributed by atoms with Gasteiger partial charge in [-0.05, 0) is 54.5 Å². The molecule has 0 unspecified atom stereocenters. The van der Waals surface area contributed by atoms with Gasteiger partial charge in [0.25, 0.3) is 0 Å². The highest BCUT2D eigenvalue weighted by Crippen LogP contribution is 2.32. The van der Waals surface area contributed by atoms with E-state index in [0.29, 0.717) is 5.92 Å². The number of unbranched alkanes of at least 4 members (excludes halogenated alkanes) is 5. The van der Waals surface area contributed by atoms with Gasteiger partial charge in [0.15, 0.2) is 0 Å². The Morgan fingerprint density at radius 3 is 2.20 bits per heavy atom. The van der Waals surface area contributed by atoms with Gasteiger partial charge >= 0.3 is 0 Å². The quantitative estimate of drug-likeness (QED) is 0.531. The van der Waals surface area contributed by atoms with Crippen molar-refractivity contribution in [2.75, 3.05) is 6.61 Å². The normalized spacial score (nSPS) is 20.4. The second kappa shape index (κ2) is 11.2. The second-order valence-electron chi connectivity index (χ2n) is 7.57. The predicted molar refractivity (Wildman–Crippen MR) is 99.7 cm³/mol. The smallest absolute Gasteiger partial charge is 0.119 e. The van der Waals surface area contributed by atoms with Crippen LogP contribution in [-0.2, 0) is 0 Å². The van der Waals surface area contributed by atoms with Gasteiger partial charge in [0, 0.05) is 0 Å². The van der Waals surface area contributed by atoms with E-state index in [2.05, 4.69) is 6.92 Å². The number of ether oxygens (including phenoxy) is 1. The maximum absolute atomic E-state index is 10.7. The van der Waals surface area contributed by atoms with Crippen molar-refractivity contribution in [2.24, 2.45) is 11.8 Å². The van der Waals surface area contributed by atoms with E-state index < -0.39 is 5.97 Å². The minimum Gasteiger partial charge on any atom is -0.545 e. The Morgan fingerprint density at radius 1 is 0.960 bits per heavy atom. The van der Waals surface area contributed by atoms with Gasteiger partial charge in [-0.2, -0.15) is 0 Å². The summed E-state index contributed by atoms with van der Waals surface area (Å²) in [5, 5.41) is 10.7. The minimum atomic E-state index is -1.14. The van der Waals surface area contributed by atoms with E-state index in [1.165, 1.54) is 70.6 Å². The van der Waals surface area contributed by atoms with Crippen molar-refractivity contribution in [3.63, 3.8) is 0 Å². The fourth-order valence-electron chi connectivity index (χ4n) is 3.80. The van der Waals surface area contributed by atoms with E-state index in [-0.39, 0.29) is 5.56 Å². The first-order chi connectivity index (χ1) is 12.2. The monoisotopic (exact) mass is 345 g/mol. The highest BCUT2D eigenvalue weighted by atomic mass is 16.5. The molecular formula is C22H33O3-. The molecule has 1 saturated carbocycles. The Bertz CT molecular complexity index is 486. The number of hydrogen-bond donors (Lipinski definition) is 0. The van der Waals surface area contributed by atoms with Crippen LogP contribution in [0.15, 0.2) is 24.3 Å². The third kappa shape index (κ3) is 7.50. The molecule has 0 amide bonds. The average molecular weight is 346 g/mol. The molecule has 1 aliphatic rings. The van der Waals surface area contributed by atoms with E-state index in [9.17, 15) is 9.90 Å². The summed E-state index contributed by atoms with van der Waals surface area (Å²) in [6.07, 6.45) is 15.0. The first-order valence-electron chi connectivity index (χ1n) is 10.1. The molecule has 0 saturated heterocycles. The van der Waals surface area contributed by atoms with Crippen LogP contribution in [0.25, 0.3) is 0 Å². The Balaban J connectivity index is 1.56. The van der Waals surface area contributed by atoms with Gasteiger partial charge in [-0.25, -0.2) is 0 Å². The van der Waals surface area contributed by atoms with Crippen molar-refractivity contribution < 1.29 is 14.6 Å².